The van der Waals surface area contributed by atoms with Gasteiger partial charge in [0.25, 0.3) is 0 Å². The number of halogens is 1. The molecule has 0 atom stereocenters. The van der Waals surface area contributed by atoms with Crippen LogP contribution in [0.1, 0.15) is 0 Å². The van der Waals surface area contributed by atoms with E-state index < -0.39 is 0 Å². The SMILES string of the molecule is ClC=Cn1c2ccccc2c2ccccc21. The molecular weight excluding hydrogens is 218 g/mol. The van der Waals surface area contributed by atoms with Crippen LogP contribution in [-0.2, 0) is 0 Å². The van der Waals surface area contributed by atoms with Crippen molar-refractivity contribution in [3.63, 3.8) is 0 Å². The molecule has 0 aliphatic heterocycles. The first-order chi connectivity index (χ1) is 7.92. The van der Waals surface area contributed by atoms with Gasteiger partial charge >= 0.3 is 0 Å². The van der Waals surface area contributed by atoms with Crippen molar-refractivity contribution in [3.05, 3.63) is 54.1 Å². The lowest BCUT2D eigenvalue weighted by Crippen LogP contribution is -1.83. The molecule has 2 heteroatoms. The van der Waals surface area contributed by atoms with Crippen LogP contribution in [0, 0.1) is 0 Å². The maximum absolute atomic E-state index is 5.69. The van der Waals surface area contributed by atoms with Gasteiger partial charge in [0.1, 0.15) is 0 Å². The molecule has 0 amide bonds. The quantitative estimate of drug-likeness (QED) is 0.578. The van der Waals surface area contributed by atoms with Gasteiger partial charge in [-0.05, 0) is 12.1 Å². The fourth-order valence-corrected chi connectivity index (χ4v) is 2.28. The molecule has 1 nitrogen and oxygen atoms in total. The maximum atomic E-state index is 5.69. The summed E-state index contributed by atoms with van der Waals surface area (Å²) in [5, 5.41) is 2.51. The van der Waals surface area contributed by atoms with Crippen LogP contribution >= 0.6 is 11.6 Å². The Balaban J connectivity index is 2.59. The van der Waals surface area contributed by atoms with Gasteiger partial charge in [0.05, 0.1) is 11.0 Å². The average molecular weight is 228 g/mol. The van der Waals surface area contributed by atoms with Crippen molar-refractivity contribution in [2.24, 2.45) is 0 Å². The van der Waals surface area contributed by atoms with Gasteiger partial charge in [-0.1, -0.05) is 48.0 Å². The zero-order valence-corrected chi connectivity index (χ0v) is 9.35. The van der Waals surface area contributed by atoms with Gasteiger partial charge in [-0.15, -0.1) is 0 Å². The summed E-state index contributed by atoms with van der Waals surface area (Å²) in [5.41, 5.74) is 3.90. The van der Waals surface area contributed by atoms with Crippen LogP contribution in [0.2, 0.25) is 0 Å². The monoisotopic (exact) mass is 227 g/mol. The molecule has 16 heavy (non-hydrogen) atoms. The third-order valence-corrected chi connectivity index (χ3v) is 2.94. The van der Waals surface area contributed by atoms with E-state index >= 15 is 0 Å². The third kappa shape index (κ3) is 1.25. The molecule has 3 aromatic rings. The van der Waals surface area contributed by atoms with Crippen molar-refractivity contribution in [2.75, 3.05) is 0 Å². The molecule has 1 aromatic heterocycles. The number of hydrogen-bond donors (Lipinski definition) is 0. The summed E-state index contributed by atoms with van der Waals surface area (Å²) in [7, 11) is 0. The van der Waals surface area contributed by atoms with E-state index in [0.717, 1.165) is 0 Å². The molecule has 0 aliphatic rings. The summed E-state index contributed by atoms with van der Waals surface area (Å²) in [5.74, 6) is 0. The van der Waals surface area contributed by atoms with Gasteiger partial charge in [-0.25, -0.2) is 0 Å². The minimum Gasteiger partial charge on any atom is -0.315 e. The Bertz CT molecular complexity index is 626. The van der Waals surface area contributed by atoms with Crippen LogP contribution in [0.5, 0.6) is 0 Å². The Morgan fingerprint density at radius 3 is 1.81 bits per heavy atom. The van der Waals surface area contributed by atoms with Crippen molar-refractivity contribution >= 4 is 39.6 Å². The Labute approximate surface area is 98.6 Å². The van der Waals surface area contributed by atoms with Gasteiger partial charge in [-0.3, -0.25) is 0 Å². The molecule has 0 spiro atoms. The third-order valence-electron chi connectivity index (χ3n) is 2.82. The van der Waals surface area contributed by atoms with Gasteiger partial charge in [0, 0.05) is 22.5 Å². The minimum absolute atomic E-state index is 1.18. The van der Waals surface area contributed by atoms with Gasteiger partial charge < -0.3 is 4.57 Å². The van der Waals surface area contributed by atoms with Gasteiger partial charge in [-0.2, -0.15) is 0 Å². The Kier molecular flexibility index (Phi) is 2.19. The smallest absolute Gasteiger partial charge is 0.0535 e. The number of nitrogens with zero attached hydrogens (tertiary/aromatic N) is 1. The zero-order chi connectivity index (χ0) is 11.0. The van der Waals surface area contributed by atoms with E-state index in [4.69, 9.17) is 11.6 Å². The average Bonchev–Trinajstić information content (AvgIpc) is 2.66. The van der Waals surface area contributed by atoms with Crippen molar-refractivity contribution in [2.45, 2.75) is 0 Å². The molecule has 0 N–H and O–H groups in total. The van der Waals surface area contributed by atoms with Crippen molar-refractivity contribution in [3.8, 4) is 0 Å². The van der Waals surface area contributed by atoms with Crippen LogP contribution in [0.25, 0.3) is 28.0 Å². The number of para-hydroxylation sites is 2. The minimum atomic E-state index is 1.18. The Morgan fingerprint density at radius 1 is 0.812 bits per heavy atom. The summed E-state index contributed by atoms with van der Waals surface area (Å²) < 4.78 is 2.11. The van der Waals surface area contributed by atoms with E-state index in [9.17, 15) is 0 Å². The highest BCUT2D eigenvalue weighted by molar-refractivity contribution is 6.27. The highest BCUT2D eigenvalue weighted by atomic mass is 35.5. The molecule has 0 unspecified atom stereocenters. The molecule has 0 radical (unpaired) electrons. The number of benzene rings is 2. The highest BCUT2D eigenvalue weighted by Gasteiger charge is 2.06. The molecule has 1 heterocycles. The predicted molar refractivity (Wildman–Crippen MR) is 70.6 cm³/mol. The number of aromatic nitrogens is 1. The van der Waals surface area contributed by atoms with Gasteiger partial charge in [0.15, 0.2) is 0 Å². The first-order valence-electron chi connectivity index (χ1n) is 5.16. The fourth-order valence-electron chi connectivity index (χ4n) is 2.17. The lowest BCUT2D eigenvalue weighted by Gasteiger charge is -1.98. The van der Waals surface area contributed by atoms with E-state index in [0.29, 0.717) is 0 Å². The van der Waals surface area contributed by atoms with Crippen LogP contribution in [-0.4, -0.2) is 4.57 Å². The molecule has 0 saturated heterocycles. The molecule has 78 valence electrons. The first kappa shape index (κ1) is 9.49. The molecule has 0 saturated carbocycles. The zero-order valence-electron chi connectivity index (χ0n) is 8.60. The second-order valence-electron chi connectivity index (χ2n) is 3.68. The van der Waals surface area contributed by atoms with Crippen LogP contribution in [0.4, 0.5) is 0 Å². The summed E-state index contributed by atoms with van der Waals surface area (Å²) >= 11 is 5.69. The van der Waals surface area contributed by atoms with E-state index in [2.05, 4.69) is 41.0 Å². The van der Waals surface area contributed by atoms with E-state index in [1.807, 2.05) is 18.3 Å². The number of hydrogen-bond acceptors (Lipinski definition) is 0. The topological polar surface area (TPSA) is 4.93 Å². The lowest BCUT2D eigenvalue weighted by molar-refractivity contribution is 1.29. The van der Waals surface area contributed by atoms with E-state index in [-0.39, 0.29) is 0 Å². The largest absolute Gasteiger partial charge is 0.315 e. The fraction of sp³-hybridized carbons (Fsp3) is 0. The standard InChI is InChI=1S/C14H10ClN/c15-9-10-16-13-7-3-1-5-11(13)12-6-2-4-8-14(12)16/h1-10H. The highest BCUT2D eigenvalue weighted by Crippen LogP contribution is 2.28. The predicted octanol–water partition coefficient (Wildman–Crippen LogP) is 4.46. The Morgan fingerprint density at radius 2 is 1.31 bits per heavy atom. The number of fused-ring (bicyclic) bond motifs is 3. The van der Waals surface area contributed by atoms with E-state index in [1.165, 1.54) is 21.8 Å². The van der Waals surface area contributed by atoms with Crippen molar-refractivity contribution in [1.29, 1.82) is 0 Å². The van der Waals surface area contributed by atoms with Crippen molar-refractivity contribution in [1.82, 2.24) is 4.57 Å². The molecule has 3 rings (SSSR count). The summed E-state index contributed by atoms with van der Waals surface area (Å²) in [6, 6.07) is 16.7. The van der Waals surface area contributed by atoms with Crippen LogP contribution in [0.3, 0.4) is 0 Å². The molecule has 0 bridgehead atoms. The van der Waals surface area contributed by atoms with Gasteiger partial charge in [0.2, 0.25) is 0 Å². The number of rotatable bonds is 1. The van der Waals surface area contributed by atoms with Crippen LogP contribution < -0.4 is 0 Å². The molecular formula is C14H10ClN. The second kappa shape index (κ2) is 3.69. The summed E-state index contributed by atoms with van der Waals surface area (Å²) in [4.78, 5) is 0. The maximum Gasteiger partial charge on any atom is 0.0535 e. The lowest BCUT2D eigenvalue weighted by atomic mass is 10.2. The Hall–Kier alpha value is -1.73. The first-order valence-corrected chi connectivity index (χ1v) is 5.60. The summed E-state index contributed by atoms with van der Waals surface area (Å²) in [6.45, 7) is 0. The van der Waals surface area contributed by atoms with Crippen molar-refractivity contribution < 1.29 is 0 Å². The molecule has 0 aliphatic carbocycles. The van der Waals surface area contributed by atoms with Crippen LogP contribution in [0.15, 0.2) is 54.1 Å². The second-order valence-corrected chi connectivity index (χ2v) is 3.93. The molecule has 2 aromatic carbocycles. The normalized spacial score (nSPS) is 11.8. The van der Waals surface area contributed by atoms with E-state index in [1.54, 1.807) is 5.54 Å². The molecule has 0 fully saturated rings. The summed E-state index contributed by atoms with van der Waals surface area (Å²) in [6.07, 6.45) is 1.88.